The number of amides is 2. The van der Waals surface area contributed by atoms with E-state index in [4.69, 9.17) is 10.5 Å². The highest BCUT2D eigenvalue weighted by molar-refractivity contribution is 5.93. The third-order valence-electron chi connectivity index (χ3n) is 4.32. The highest BCUT2D eigenvalue weighted by Gasteiger charge is 2.28. The maximum absolute atomic E-state index is 12.3. The molecule has 1 aliphatic heterocycles. The minimum absolute atomic E-state index is 0.145. The van der Waals surface area contributed by atoms with Crippen LogP contribution in [0.1, 0.15) is 37.0 Å². The van der Waals surface area contributed by atoms with Crippen molar-refractivity contribution in [3.63, 3.8) is 0 Å². The molecule has 1 unspecified atom stereocenters. The molecule has 1 fully saturated rings. The van der Waals surface area contributed by atoms with Gasteiger partial charge in [-0.2, -0.15) is 5.10 Å². The van der Waals surface area contributed by atoms with E-state index < -0.39 is 12.0 Å². The summed E-state index contributed by atoms with van der Waals surface area (Å²) in [5, 5.41) is 5.12. The van der Waals surface area contributed by atoms with Gasteiger partial charge < -0.3 is 15.4 Å². The molecule has 1 saturated heterocycles. The molecule has 0 aliphatic carbocycles. The lowest BCUT2D eigenvalue weighted by molar-refractivity contribution is 0.0422. The summed E-state index contributed by atoms with van der Waals surface area (Å²) in [7, 11) is 0. The minimum atomic E-state index is -0.473. The van der Waals surface area contributed by atoms with E-state index in [1.54, 1.807) is 17.2 Å². The van der Waals surface area contributed by atoms with Crippen LogP contribution in [0.25, 0.3) is 11.0 Å². The first kappa shape index (κ1) is 17.2. The number of likely N-dealkylation sites (tertiary alicyclic amines) is 1. The molecule has 0 radical (unpaired) electrons. The molecule has 3 heterocycles. The van der Waals surface area contributed by atoms with E-state index in [1.165, 1.54) is 6.20 Å². The summed E-state index contributed by atoms with van der Waals surface area (Å²) >= 11 is 0. The van der Waals surface area contributed by atoms with Crippen LogP contribution in [0.4, 0.5) is 4.79 Å². The van der Waals surface area contributed by atoms with Crippen LogP contribution >= 0.6 is 0 Å². The van der Waals surface area contributed by atoms with Crippen LogP contribution in [0, 0.1) is 5.92 Å². The predicted octanol–water partition coefficient (Wildman–Crippen LogP) is 1.79. The van der Waals surface area contributed by atoms with Gasteiger partial charge in [0.25, 0.3) is 0 Å². The Kier molecular flexibility index (Phi) is 4.87. The molecular weight excluding hydrogens is 322 g/mol. The molecule has 0 spiro atoms. The summed E-state index contributed by atoms with van der Waals surface area (Å²) in [6, 6.07) is 1.11. The molecule has 25 heavy (non-hydrogen) atoms. The number of pyridine rings is 1. The van der Waals surface area contributed by atoms with Crippen molar-refractivity contribution in [1.29, 1.82) is 0 Å². The van der Waals surface area contributed by atoms with Gasteiger partial charge in [0.1, 0.15) is 6.61 Å². The third kappa shape index (κ3) is 3.72. The van der Waals surface area contributed by atoms with Crippen LogP contribution in [0.3, 0.4) is 0 Å². The van der Waals surface area contributed by atoms with Crippen molar-refractivity contribution >= 4 is 23.0 Å². The molecule has 2 aromatic rings. The highest BCUT2D eigenvalue weighted by Crippen LogP contribution is 2.18. The molecule has 2 aromatic heterocycles. The third-order valence-corrected chi connectivity index (χ3v) is 4.32. The van der Waals surface area contributed by atoms with E-state index in [0.717, 1.165) is 30.4 Å². The number of rotatable bonds is 5. The summed E-state index contributed by atoms with van der Waals surface area (Å²) < 4.78 is 7.19. The van der Waals surface area contributed by atoms with E-state index in [0.29, 0.717) is 18.0 Å². The first-order valence-electron chi connectivity index (χ1n) is 8.50. The summed E-state index contributed by atoms with van der Waals surface area (Å²) in [6.45, 7) is 5.74. The number of nitrogens with zero attached hydrogens (tertiary/aromatic N) is 4. The molecule has 0 bridgehead atoms. The number of urea groups is 1. The monoisotopic (exact) mass is 345 g/mol. The Morgan fingerprint density at radius 1 is 1.40 bits per heavy atom. The molecule has 8 nitrogen and oxygen atoms in total. The van der Waals surface area contributed by atoms with Gasteiger partial charge in [-0.15, -0.1) is 0 Å². The van der Waals surface area contributed by atoms with Crippen molar-refractivity contribution in [3.05, 3.63) is 24.0 Å². The van der Waals surface area contributed by atoms with E-state index in [1.807, 2.05) is 4.68 Å². The average molecular weight is 345 g/mol. The van der Waals surface area contributed by atoms with Gasteiger partial charge in [0, 0.05) is 24.7 Å². The summed E-state index contributed by atoms with van der Waals surface area (Å²) in [5.41, 5.74) is 6.46. The number of carbonyl (C=O) groups excluding carboxylic acids is 2. The maximum Gasteiger partial charge on any atom is 0.339 e. The van der Waals surface area contributed by atoms with E-state index in [-0.39, 0.29) is 12.6 Å². The Morgan fingerprint density at radius 2 is 2.20 bits per heavy atom. The highest BCUT2D eigenvalue weighted by atomic mass is 16.5. The van der Waals surface area contributed by atoms with E-state index in [9.17, 15) is 9.59 Å². The van der Waals surface area contributed by atoms with Gasteiger partial charge in [-0.3, -0.25) is 0 Å². The fourth-order valence-corrected chi connectivity index (χ4v) is 3.12. The molecule has 134 valence electrons. The molecule has 2 amide bonds. The first-order valence-corrected chi connectivity index (χ1v) is 8.50. The van der Waals surface area contributed by atoms with Crippen molar-refractivity contribution in [1.82, 2.24) is 19.7 Å². The van der Waals surface area contributed by atoms with Crippen LogP contribution in [-0.2, 0) is 11.3 Å². The minimum Gasteiger partial charge on any atom is -0.460 e. The van der Waals surface area contributed by atoms with Crippen LogP contribution in [0.15, 0.2) is 18.5 Å². The predicted molar refractivity (Wildman–Crippen MR) is 92.0 cm³/mol. The van der Waals surface area contributed by atoms with Crippen molar-refractivity contribution in [3.8, 4) is 0 Å². The number of fused-ring (bicyclic) bond motifs is 1. The summed E-state index contributed by atoms with van der Waals surface area (Å²) in [4.78, 5) is 29.5. The largest absolute Gasteiger partial charge is 0.460 e. The Labute approximate surface area is 145 Å². The topological polar surface area (TPSA) is 103 Å². The Balaban J connectivity index is 1.67. The lowest BCUT2D eigenvalue weighted by atomic mass is 10.2. The molecule has 1 aliphatic rings. The van der Waals surface area contributed by atoms with Gasteiger partial charge in [-0.25, -0.2) is 19.3 Å². The number of esters is 1. The zero-order chi connectivity index (χ0) is 18.0. The van der Waals surface area contributed by atoms with Gasteiger partial charge in [-0.05, 0) is 24.8 Å². The van der Waals surface area contributed by atoms with Crippen molar-refractivity contribution in [2.75, 3.05) is 13.2 Å². The SMILES string of the molecule is CC(C)Cn1ncc2cc(C(=O)OCC3CCCN3C(N)=O)cnc21. The van der Waals surface area contributed by atoms with Crippen LogP contribution in [0.5, 0.6) is 0 Å². The fourth-order valence-electron chi connectivity index (χ4n) is 3.12. The maximum atomic E-state index is 12.3. The first-order chi connectivity index (χ1) is 12.0. The average Bonchev–Trinajstić information content (AvgIpc) is 3.19. The second-order valence-corrected chi connectivity index (χ2v) is 6.78. The number of hydrogen-bond donors (Lipinski definition) is 1. The van der Waals surface area contributed by atoms with Gasteiger partial charge >= 0.3 is 12.0 Å². The summed E-state index contributed by atoms with van der Waals surface area (Å²) in [5.74, 6) is -0.00325. The Hall–Kier alpha value is -2.64. The second-order valence-electron chi connectivity index (χ2n) is 6.78. The quantitative estimate of drug-likeness (QED) is 0.832. The standard InChI is InChI=1S/C17H23N5O3/c1-11(2)9-22-15-12(8-20-22)6-13(7-19-15)16(23)25-10-14-4-3-5-21(14)17(18)24/h6-8,11,14H,3-5,9-10H2,1-2H3,(H2,18,24). The van der Waals surface area contributed by atoms with Gasteiger partial charge in [0.15, 0.2) is 5.65 Å². The summed E-state index contributed by atoms with van der Waals surface area (Å²) in [6.07, 6.45) is 4.86. The molecule has 1 atom stereocenters. The molecule has 3 rings (SSSR count). The number of hydrogen-bond acceptors (Lipinski definition) is 5. The second kappa shape index (κ2) is 7.08. The zero-order valence-corrected chi connectivity index (χ0v) is 14.5. The fraction of sp³-hybridized carbons (Fsp3) is 0.529. The Morgan fingerprint density at radius 3 is 2.92 bits per heavy atom. The number of carbonyl (C=O) groups is 2. The lowest BCUT2D eigenvalue weighted by Gasteiger charge is -2.22. The van der Waals surface area contributed by atoms with Crippen LogP contribution in [0.2, 0.25) is 0 Å². The van der Waals surface area contributed by atoms with Crippen LogP contribution in [-0.4, -0.2) is 50.9 Å². The molecule has 8 heteroatoms. The number of primary amides is 1. The lowest BCUT2D eigenvalue weighted by Crippen LogP contribution is -2.41. The van der Waals surface area contributed by atoms with Crippen molar-refractivity contribution < 1.29 is 14.3 Å². The van der Waals surface area contributed by atoms with Gasteiger partial charge in [0.05, 0.1) is 17.8 Å². The van der Waals surface area contributed by atoms with Gasteiger partial charge in [0.2, 0.25) is 0 Å². The number of aromatic nitrogens is 3. The van der Waals surface area contributed by atoms with E-state index >= 15 is 0 Å². The number of nitrogens with two attached hydrogens (primary N) is 1. The number of ether oxygens (including phenoxy) is 1. The molecular formula is C17H23N5O3. The molecule has 2 N–H and O–H groups in total. The normalized spacial score (nSPS) is 17.4. The van der Waals surface area contributed by atoms with Crippen LogP contribution < -0.4 is 5.73 Å². The van der Waals surface area contributed by atoms with Crippen molar-refractivity contribution in [2.24, 2.45) is 11.7 Å². The van der Waals surface area contributed by atoms with Crippen molar-refractivity contribution in [2.45, 2.75) is 39.3 Å². The Bertz CT molecular complexity index is 786. The zero-order valence-electron chi connectivity index (χ0n) is 14.5. The molecule has 0 saturated carbocycles. The van der Waals surface area contributed by atoms with Gasteiger partial charge in [-0.1, -0.05) is 13.8 Å². The van der Waals surface area contributed by atoms with E-state index in [2.05, 4.69) is 23.9 Å². The smallest absolute Gasteiger partial charge is 0.339 e. The molecule has 0 aromatic carbocycles.